The average Bonchev–Trinajstić information content (AvgIpc) is 2.53. The second-order valence-electron chi connectivity index (χ2n) is 9.42. The van der Waals surface area contributed by atoms with Gasteiger partial charge < -0.3 is 10.6 Å². The lowest BCUT2D eigenvalue weighted by Crippen LogP contribution is -2.51. The van der Waals surface area contributed by atoms with Crippen LogP contribution >= 0.6 is 0 Å². The van der Waals surface area contributed by atoms with Gasteiger partial charge in [0.05, 0.1) is 0 Å². The Labute approximate surface area is 152 Å². The zero-order valence-corrected chi connectivity index (χ0v) is 15.9. The van der Waals surface area contributed by atoms with Crippen molar-refractivity contribution in [2.24, 2.45) is 23.2 Å². The van der Waals surface area contributed by atoms with E-state index in [9.17, 15) is 4.79 Å². The number of carbonyl (C=O) groups excluding carboxylic acids is 1. The van der Waals surface area contributed by atoms with E-state index in [1.165, 1.54) is 44.1 Å². The zero-order chi connectivity index (χ0) is 17.6. The van der Waals surface area contributed by atoms with E-state index in [4.69, 9.17) is 0 Å². The first-order valence-corrected chi connectivity index (χ1v) is 10.1. The number of amides is 2. The van der Waals surface area contributed by atoms with Gasteiger partial charge in [0.25, 0.3) is 0 Å². The highest BCUT2D eigenvalue weighted by atomic mass is 16.2. The van der Waals surface area contributed by atoms with Gasteiger partial charge in [0.1, 0.15) is 0 Å². The molecule has 0 aliphatic heterocycles. The molecule has 5 rings (SSSR count). The molecule has 0 atom stereocenters. The number of aryl methyl sites for hydroxylation is 1. The third-order valence-corrected chi connectivity index (χ3v) is 6.95. The molecule has 0 heterocycles. The topological polar surface area (TPSA) is 41.1 Å². The second-order valence-corrected chi connectivity index (χ2v) is 9.42. The fraction of sp³-hybridized carbons (Fsp3) is 0.682. The first-order chi connectivity index (χ1) is 11.9. The molecular formula is C22H32N2O. The monoisotopic (exact) mass is 340 g/mol. The molecule has 2 N–H and O–H groups in total. The Morgan fingerprint density at radius 3 is 2.28 bits per heavy atom. The Balaban J connectivity index is 1.41. The Kier molecular flexibility index (Phi) is 4.29. The second kappa shape index (κ2) is 6.34. The molecule has 1 aromatic carbocycles. The number of hydrogen-bond acceptors (Lipinski definition) is 1. The molecule has 0 saturated heterocycles. The molecule has 0 radical (unpaired) electrons. The SMILES string of the molecule is Cc1cccc(C(C)C)c1NC(=O)NCC12CC3CC(CC(C3)C1)C2. The molecule has 0 aromatic heterocycles. The smallest absolute Gasteiger partial charge is 0.319 e. The van der Waals surface area contributed by atoms with Crippen LogP contribution in [0.4, 0.5) is 10.5 Å². The van der Waals surface area contributed by atoms with Crippen molar-refractivity contribution < 1.29 is 4.79 Å². The molecule has 1 aromatic rings. The van der Waals surface area contributed by atoms with Crippen molar-refractivity contribution in [3.63, 3.8) is 0 Å². The van der Waals surface area contributed by atoms with E-state index in [0.717, 1.165) is 35.5 Å². The van der Waals surface area contributed by atoms with Gasteiger partial charge in [-0.15, -0.1) is 0 Å². The van der Waals surface area contributed by atoms with Crippen LogP contribution in [0.15, 0.2) is 18.2 Å². The minimum atomic E-state index is -0.0352. The number of hydrogen-bond donors (Lipinski definition) is 2. The van der Waals surface area contributed by atoms with E-state index < -0.39 is 0 Å². The van der Waals surface area contributed by atoms with Crippen molar-refractivity contribution in [1.82, 2.24) is 5.32 Å². The van der Waals surface area contributed by atoms with Crippen LogP contribution in [0, 0.1) is 30.1 Å². The maximum absolute atomic E-state index is 12.6. The zero-order valence-electron chi connectivity index (χ0n) is 15.9. The van der Waals surface area contributed by atoms with Gasteiger partial charge in [-0.3, -0.25) is 0 Å². The minimum absolute atomic E-state index is 0.0352. The fourth-order valence-electron chi connectivity index (χ4n) is 6.27. The molecule has 4 saturated carbocycles. The summed E-state index contributed by atoms with van der Waals surface area (Å²) in [6.45, 7) is 7.27. The van der Waals surface area contributed by atoms with Crippen LogP contribution in [0.5, 0.6) is 0 Å². The van der Waals surface area contributed by atoms with Gasteiger partial charge in [0.15, 0.2) is 0 Å². The van der Waals surface area contributed by atoms with Crippen LogP contribution in [0.1, 0.15) is 69.4 Å². The van der Waals surface area contributed by atoms with E-state index >= 15 is 0 Å². The van der Waals surface area contributed by atoms with Gasteiger partial charge in [-0.2, -0.15) is 0 Å². The number of anilines is 1. The number of benzene rings is 1. The largest absolute Gasteiger partial charge is 0.337 e. The van der Waals surface area contributed by atoms with Crippen molar-refractivity contribution in [3.8, 4) is 0 Å². The number of rotatable bonds is 4. The van der Waals surface area contributed by atoms with Crippen LogP contribution in [0.25, 0.3) is 0 Å². The summed E-state index contributed by atoms with van der Waals surface area (Å²) in [6.07, 6.45) is 8.36. The quantitative estimate of drug-likeness (QED) is 0.751. The molecule has 136 valence electrons. The van der Waals surface area contributed by atoms with Crippen molar-refractivity contribution >= 4 is 11.7 Å². The van der Waals surface area contributed by atoms with Gasteiger partial charge in [0.2, 0.25) is 0 Å². The molecular weight excluding hydrogens is 308 g/mol. The molecule has 4 bridgehead atoms. The van der Waals surface area contributed by atoms with Gasteiger partial charge in [-0.1, -0.05) is 32.0 Å². The predicted molar refractivity (Wildman–Crippen MR) is 103 cm³/mol. The maximum Gasteiger partial charge on any atom is 0.319 e. The van der Waals surface area contributed by atoms with Crippen molar-refractivity contribution in [2.45, 2.75) is 65.2 Å². The summed E-state index contributed by atoms with van der Waals surface area (Å²) in [4.78, 5) is 12.6. The maximum atomic E-state index is 12.6. The number of urea groups is 1. The molecule has 4 fully saturated rings. The lowest BCUT2D eigenvalue weighted by atomic mass is 9.49. The summed E-state index contributed by atoms with van der Waals surface area (Å²) >= 11 is 0. The first kappa shape index (κ1) is 16.9. The molecule has 4 aliphatic carbocycles. The van der Waals surface area contributed by atoms with E-state index in [1.54, 1.807) is 0 Å². The average molecular weight is 341 g/mol. The normalized spacial score (nSPS) is 32.9. The standard InChI is InChI=1S/C22H32N2O/c1-14(2)19-6-4-5-15(3)20(19)24-21(25)23-13-22-10-16-7-17(11-22)9-18(8-16)12-22/h4-6,14,16-18H,7-13H2,1-3H3,(H2,23,24,25). The summed E-state index contributed by atoms with van der Waals surface area (Å²) in [6, 6.07) is 6.22. The molecule has 3 heteroatoms. The molecule has 2 amide bonds. The van der Waals surface area contributed by atoms with Crippen molar-refractivity contribution in [1.29, 1.82) is 0 Å². The Hall–Kier alpha value is -1.51. The van der Waals surface area contributed by atoms with Gasteiger partial charge in [-0.25, -0.2) is 4.79 Å². The first-order valence-electron chi connectivity index (χ1n) is 10.1. The third-order valence-electron chi connectivity index (χ3n) is 6.95. The number of carbonyl (C=O) groups is 1. The van der Waals surface area contributed by atoms with E-state index in [0.29, 0.717) is 11.3 Å². The van der Waals surface area contributed by atoms with Gasteiger partial charge in [0, 0.05) is 12.2 Å². The molecule has 25 heavy (non-hydrogen) atoms. The minimum Gasteiger partial charge on any atom is -0.337 e. The predicted octanol–water partition coefficient (Wildman–Crippen LogP) is 5.46. The lowest BCUT2D eigenvalue weighted by molar-refractivity contribution is -0.0496. The lowest BCUT2D eigenvalue weighted by Gasteiger charge is -2.56. The molecule has 3 nitrogen and oxygen atoms in total. The molecule has 0 unspecified atom stereocenters. The van der Waals surface area contributed by atoms with E-state index in [-0.39, 0.29) is 6.03 Å². The van der Waals surface area contributed by atoms with E-state index in [2.05, 4.69) is 49.6 Å². The summed E-state index contributed by atoms with van der Waals surface area (Å²) in [5.41, 5.74) is 3.72. The Bertz CT molecular complexity index is 629. The number of para-hydroxylation sites is 1. The third kappa shape index (κ3) is 3.30. The van der Waals surface area contributed by atoms with Crippen LogP contribution in [0.2, 0.25) is 0 Å². The number of nitrogens with one attached hydrogen (secondary N) is 2. The highest BCUT2D eigenvalue weighted by Gasteiger charge is 2.50. The Morgan fingerprint density at radius 2 is 1.72 bits per heavy atom. The van der Waals surface area contributed by atoms with Crippen LogP contribution in [-0.2, 0) is 0 Å². The summed E-state index contributed by atoms with van der Waals surface area (Å²) in [5.74, 6) is 3.19. The molecule has 0 spiro atoms. The van der Waals surface area contributed by atoms with Crippen LogP contribution in [0.3, 0.4) is 0 Å². The van der Waals surface area contributed by atoms with Crippen molar-refractivity contribution in [2.75, 3.05) is 11.9 Å². The Morgan fingerprint density at radius 1 is 1.12 bits per heavy atom. The highest BCUT2D eigenvalue weighted by Crippen LogP contribution is 2.59. The molecule has 4 aliphatic rings. The van der Waals surface area contributed by atoms with E-state index in [1.807, 2.05) is 0 Å². The fourth-order valence-corrected chi connectivity index (χ4v) is 6.27. The van der Waals surface area contributed by atoms with Gasteiger partial charge in [-0.05, 0) is 85.7 Å². The summed E-state index contributed by atoms with van der Waals surface area (Å²) < 4.78 is 0. The summed E-state index contributed by atoms with van der Waals surface area (Å²) in [7, 11) is 0. The highest BCUT2D eigenvalue weighted by molar-refractivity contribution is 5.91. The van der Waals surface area contributed by atoms with Crippen LogP contribution in [-0.4, -0.2) is 12.6 Å². The van der Waals surface area contributed by atoms with Crippen LogP contribution < -0.4 is 10.6 Å². The van der Waals surface area contributed by atoms with Gasteiger partial charge >= 0.3 is 6.03 Å². The summed E-state index contributed by atoms with van der Waals surface area (Å²) in [5, 5.41) is 6.37. The van der Waals surface area contributed by atoms with Crippen molar-refractivity contribution in [3.05, 3.63) is 29.3 Å².